The first-order chi connectivity index (χ1) is 8.81. The fraction of sp³-hybridized carbons (Fsp3) is 0.750. The van der Waals surface area contributed by atoms with Crippen molar-refractivity contribution >= 4 is 17.9 Å². The molecule has 108 valence electrons. The van der Waals surface area contributed by atoms with Crippen LogP contribution in [0, 0.1) is 11.8 Å². The fourth-order valence-corrected chi connectivity index (χ4v) is 2.18. The van der Waals surface area contributed by atoms with E-state index in [4.69, 9.17) is 10.8 Å². The lowest BCUT2D eigenvalue weighted by Crippen LogP contribution is -2.46. The molecule has 0 radical (unpaired) electrons. The molecule has 0 aromatic rings. The number of rotatable bonds is 5. The highest BCUT2D eigenvalue weighted by Gasteiger charge is 2.32. The number of aliphatic carboxylic acids is 1. The third-order valence-electron chi connectivity index (χ3n) is 3.04. The van der Waals surface area contributed by atoms with Gasteiger partial charge in [-0.15, -0.1) is 0 Å². The van der Waals surface area contributed by atoms with Crippen LogP contribution in [0.2, 0.25) is 0 Å². The highest BCUT2D eigenvalue weighted by Crippen LogP contribution is 2.17. The van der Waals surface area contributed by atoms with Crippen molar-refractivity contribution in [2.24, 2.45) is 17.6 Å². The number of carboxylic acids is 1. The lowest BCUT2D eigenvalue weighted by molar-refractivity contribution is -0.137. The van der Waals surface area contributed by atoms with Gasteiger partial charge in [0.05, 0.1) is 5.92 Å². The molecule has 1 atom stereocenters. The molecular formula is C12H21N3O4. The summed E-state index contributed by atoms with van der Waals surface area (Å²) < 4.78 is 0. The molecular weight excluding hydrogens is 250 g/mol. The molecule has 1 saturated heterocycles. The first-order valence-electron chi connectivity index (χ1n) is 6.36. The number of primary amides is 1. The molecule has 19 heavy (non-hydrogen) atoms. The van der Waals surface area contributed by atoms with Gasteiger partial charge in [-0.3, -0.25) is 9.59 Å². The monoisotopic (exact) mass is 271 g/mol. The predicted octanol–water partition coefficient (Wildman–Crippen LogP) is -0.0438. The summed E-state index contributed by atoms with van der Waals surface area (Å²) in [5.74, 6) is -1.60. The molecule has 3 N–H and O–H groups in total. The second-order valence-corrected chi connectivity index (χ2v) is 5.28. The molecule has 1 fully saturated rings. The molecule has 7 nitrogen and oxygen atoms in total. The van der Waals surface area contributed by atoms with Crippen LogP contribution in [-0.4, -0.2) is 59.0 Å². The van der Waals surface area contributed by atoms with Gasteiger partial charge in [-0.1, -0.05) is 13.8 Å². The average Bonchev–Trinajstić information content (AvgIpc) is 2.75. The maximum atomic E-state index is 12.2. The van der Waals surface area contributed by atoms with Crippen LogP contribution in [0.25, 0.3) is 0 Å². The van der Waals surface area contributed by atoms with E-state index in [2.05, 4.69) is 0 Å². The average molecular weight is 271 g/mol. The first-order valence-corrected chi connectivity index (χ1v) is 6.36. The molecule has 1 aliphatic heterocycles. The lowest BCUT2D eigenvalue weighted by atomic mass is 10.1. The van der Waals surface area contributed by atoms with E-state index in [-0.39, 0.29) is 31.0 Å². The van der Waals surface area contributed by atoms with Gasteiger partial charge in [0.1, 0.15) is 6.54 Å². The van der Waals surface area contributed by atoms with Crippen molar-refractivity contribution in [1.29, 1.82) is 0 Å². The van der Waals surface area contributed by atoms with Crippen LogP contribution >= 0.6 is 0 Å². The van der Waals surface area contributed by atoms with E-state index >= 15 is 0 Å². The minimum Gasteiger partial charge on any atom is -0.480 e. The molecule has 0 saturated carbocycles. The van der Waals surface area contributed by atoms with Gasteiger partial charge in [-0.25, -0.2) is 4.79 Å². The van der Waals surface area contributed by atoms with E-state index in [1.807, 2.05) is 13.8 Å². The molecule has 0 aliphatic carbocycles. The van der Waals surface area contributed by atoms with Crippen LogP contribution in [0.3, 0.4) is 0 Å². The molecule has 1 unspecified atom stereocenters. The Bertz CT molecular complexity index is 370. The standard InChI is InChI=1S/C12H21N3O4/c1-8(2)5-15(7-10(16)17)12(19)14-4-3-9(6-14)11(13)18/h8-9H,3-7H2,1-2H3,(H2,13,18)(H,16,17). The Morgan fingerprint density at radius 1 is 1.42 bits per heavy atom. The number of carbonyl (C=O) groups excluding carboxylic acids is 2. The Hall–Kier alpha value is -1.79. The number of likely N-dealkylation sites (tertiary alicyclic amines) is 1. The largest absolute Gasteiger partial charge is 0.480 e. The number of nitrogens with two attached hydrogens (primary N) is 1. The van der Waals surface area contributed by atoms with E-state index in [0.717, 1.165) is 0 Å². The maximum Gasteiger partial charge on any atom is 0.323 e. The van der Waals surface area contributed by atoms with E-state index in [1.165, 1.54) is 9.80 Å². The van der Waals surface area contributed by atoms with Crippen molar-refractivity contribution in [3.05, 3.63) is 0 Å². The normalized spacial score (nSPS) is 18.7. The Labute approximate surface area is 112 Å². The van der Waals surface area contributed by atoms with Crippen LogP contribution < -0.4 is 5.73 Å². The third-order valence-corrected chi connectivity index (χ3v) is 3.04. The summed E-state index contributed by atoms with van der Waals surface area (Å²) in [5, 5.41) is 8.84. The van der Waals surface area contributed by atoms with Crippen LogP contribution in [0.15, 0.2) is 0 Å². The first kappa shape index (κ1) is 15.3. The van der Waals surface area contributed by atoms with Crippen LogP contribution in [0.5, 0.6) is 0 Å². The summed E-state index contributed by atoms with van der Waals surface area (Å²) in [4.78, 5) is 36.9. The van der Waals surface area contributed by atoms with Crippen LogP contribution in [0.1, 0.15) is 20.3 Å². The summed E-state index contributed by atoms with van der Waals surface area (Å²) in [6.07, 6.45) is 0.545. The van der Waals surface area contributed by atoms with Gasteiger partial charge in [0.25, 0.3) is 0 Å². The van der Waals surface area contributed by atoms with Crippen molar-refractivity contribution in [1.82, 2.24) is 9.80 Å². The zero-order chi connectivity index (χ0) is 14.6. The summed E-state index contributed by atoms with van der Waals surface area (Å²) >= 11 is 0. The Kier molecular flexibility index (Phi) is 5.14. The Morgan fingerprint density at radius 3 is 2.47 bits per heavy atom. The molecule has 1 aliphatic rings. The zero-order valence-electron chi connectivity index (χ0n) is 11.3. The smallest absolute Gasteiger partial charge is 0.323 e. The molecule has 3 amide bonds. The van der Waals surface area contributed by atoms with Gasteiger partial charge in [0, 0.05) is 19.6 Å². The highest BCUT2D eigenvalue weighted by atomic mass is 16.4. The van der Waals surface area contributed by atoms with Crippen molar-refractivity contribution in [3.63, 3.8) is 0 Å². The molecule has 0 spiro atoms. The van der Waals surface area contributed by atoms with E-state index in [1.54, 1.807) is 0 Å². The number of carbonyl (C=O) groups is 3. The topological polar surface area (TPSA) is 104 Å². The number of carboxylic acid groups (broad SMARTS) is 1. The lowest BCUT2D eigenvalue weighted by Gasteiger charge is -2.28. The second-order valence-electron chi connectivity index (χ2n) is 5.28. The van der Waals surface area contributed by atoms with Crippen molar-refractivity contribution < 1.29 is 19.5 Å². The predicted molar refractivity (Wildman–Crippen MR) is 68.3 cm³/mol. The van der Waals surface area contributed by atoms with Gasteiger partial charge in [0.2, 0.25) is 5.91 Å². The zero-order valence-corrected chi connectivity index (χ0v) is 11.3. The van der Waals surface area contributed by atoms with Crippen molar-refractivity contribution in [2.75, 3.05) is 26.2 Å². The van der Waals surface area contributed by atoms with Crippen LogP contribution in [0.4, 0.5) is 4.79 Å². The maximum absolute atomic E-state index is 12.2. The number of amides is 3. The fourth-order valence-electron chi connectivity index (χ4n) is 2.18. The number of nitrogens with zero attached hydrogens (tertiary/aromatic N) is 2. The van der Waals surface area contributed by atoms with E-state index in [0.29, 0.717) is 19.5 Å². The molecule has 1 rings (SSSR count). The highest BCUT2D eigenvalue weighted by molar-refractivity contribution is 5.82. The van der Waals surface area contributed by atoms with Gasteiger partial charge in [-0.2, -0.15) is 0 Å². The molecule has 0 bridgehead atoms. The van der Waals surface area contributed by atoms with E-state index < -0.39 is 11.9 Å². The summed E-state index contributed by atoms with van der Waals surface area (Å²) in [6, 6.07) is -0.333. The van der Waals surface area contributed by atoms with Crippen molar-refractivity contribution in [2.45, 2.75) is 20.3 Å². The Morgan fingerprint density at radius 2 is 2.05 bits per heavy atom. The third kappa shape index (κ3) is 4.42. The number of hydrogen-bond acceptors (Lipinski definition) is 3. The van der Waals surface area contributed by atoms with Gasteiger partial charge < -0.3 is 20.6 Å². The SMILES string of the molecule is CC(C)CN(CC(=O)O)C(=O)N1CCC(C(N)=O)C1. The number of urea groups is 1. The molecule has 7 heteroatoms. The van der Waals surface area contributed by atoms with Crippen LogP contribution in [-0.2, 0) is 9.59 Å². The van der Waals surface area contributed by atoms with Gasteiger partial charge in [-0.05, 0) is 12.3 Å². The van der Waals surface area contributed by atoms with Gasteiger partial charge >= 0.3 is 12.0 Å². The summed E-state index contributed by atoms with van der Waals surface area (Å²) in [7, 11) is 0. The van der Waals surface area contributed by atoms with E-state index in [9.17, 15) is 14.4 Å². The minimum atomic E-state index is -1.04. The molecule has 0 aromatic heterocycles. The Balaban J connectivity index is 2.66. The van der Waals surface area contributed by atoms with Gasteiger partial charge in [0.15, 0.2) is 0 Å². The summed E-state index contributed by atoms with van der Waals surface area (Å²) in [5.41, 5.74) is 5.21. The summed E-state index contributed by atoms with van der Waals surface area (Å²) in [6.45, 7) is 4.61. The molecule has 0 aromatic carbocycles. The minimum absolute atomic E-state index is 0.179. The molecule has 1 heterocycles. The quantitative estimate of drug-likeness (QED) is 0.731. The number of hydrogen-bond donors (Lipinski definition) is 2. The second kappa shape index (κ2) is 6.40. The van der Waals surface area contributed by atoms with Crippen molar-refractivity contribution in [3.8, 4) is 0 Å².